The van der Waals surface area contributed by atoms with Crippen LogP contribution in [0.25, 0.3) is 0 Å². The second-order valence-electron chi connectivity index (χ2n) is 2.59. The molecule has 4 heteroatoms. The van der Waals surface area contributed by atoms with E-state index in [-0.39, 0.29) is 5.75 Å². The highest BCUT2D eigenvalue weighted by Crippen LogP contribution is 2.42. The topological polar surface area (TPSA) is 38.7 Å². The van der Waals surface area contributed by atoms with Crippen LogP contribution in [0.3, 0.4) is 0 Å². The lowest BCUT2D eigenvalue weighted by Crippen LogP contribution is -1.92. The fourth-order valence-corrected chi connectivity index (χ4v) is 1.80. The average molecular weight is 247 g/mol. The number of phenols is 1. The fourth-order valence-electron chi connectivity index (χ4n) is 1.13. The zero-order chi connectivity index (χ0) is 10.0. The highest BCUT2D eigenvalue weighted by molar-refractivity contribution is 9.10. The third-order valence-electron chi connectivity index (χ3n) is 1.77. The monoisotopic (exact) mass is 246 g/mol. The lowest BCUT2D eigenvalue weighted by Gasteiger charge is -2.11. The SMILES string of the molecule is COc1cc(C)c(OC)c(Br)c1O. The summed E-state index contributed by atoms with van der Waals surface area (Å²) in [4.78, 5) is 0. The van der Waals surface area contributed by atoms with E-state index in [1.54, 1.807) is 13.2 Å². The minimum absolute atomic E-state index is 0.0601. The van der Waals surface area contributed by atoms with Crippen LogP contribution in [0.5, 0.6) is 17.2 Å². The molecule has 1 rings (SSSR count). The van der Waals surface area contributed by atoms with Crippen molar-refractivity contribution in [3.63, 3.8) is 0 Å². The van der Waals surface area contributed by atoms with E-state index in [1.807, 2.05) is 6.92 Å². The van der Waals surface area contributed by atoms with Gasteiger partial charge in [0, 0.05) is 0 Å². The number of phenolic OH excluding ortho intramolecular Hbond substituents is 1. The molecule has 1 N–H and O–H groups in total. The summed E-state index contributed by atoms with van der Waals surface area (Å²) in [5.74, 6) is 1.12. The molecule has 0 aliphatic carbocycles. The van der Waals surface area contributed by atoms with E-state index in [0.29, 0.717) is 16.0 Å². The van der Waals surface area contributed by atoms with E-state index in [4.69, 9.17) is 9.47 Å². The third-order valence-corrected chi connectivity index (χ3v) is 2.51. The molecule has 0 spiro atoms. The minimum atomic E-state index is 0.0601. The lowest BCUT2D eigenvalue weighted by molar-refractivity contribution is 0.361. The Balaban J connectivity index is 3.37. The van der Waals surface area contributed by atoms with Crippen LogP contribution in [0.15, 0.2) is 10.5 Å². The Morgan fingerprint density at radius 2 is 1.92 bits per heavy atom. The van der Waals surface area contributed by atoms with Crippen LogP contribution in [-0.4, -0.2) is 19.3 Å². The Morgan fingerprint density at radius 3 is 2.38 bits per heavy atom. The molecule has 3 nitrogen and oxygen atoms in total. The zero-order valence-corrected chi connectivity index (χ0v) is 9.31. The first-order chi connectivity index (χ1) is 6.11. The van der Waals surface area contributed by atoms with Gasteiger partial charge in [0.05, 0.1) is 14.2 Å². The molecule has 0 atom stereocenters. The number of methoxy groups -OCH3 is 2. The Kier molecular flexibility index (Phi) is 3.03. The van der Waals surface area contributed by atoms with Crippen LogP contribution >= 0.6 is 15.9 Å². The van der Waals surface area contributed by atoms with Crippen LogP contribution < -0.4 is 9.47 Å². The van der Waals surface area contributed by atoms with Gasteiger partial charge in [-0.05, 0) is 34.5 Å². The predicted octanol–water partition coefficient (Wildman–Crippen LogP) is 2.48. The number of hydrogen-bond acceptors (Lipinski definition) is 3. The average Bonchev–Trinajstić information content (AvgIpc) is 2.12. The van der Waals surface area contributed by atoms with Crippen molar-refractivity contribution >= 4 is 15.9 Å². The van der Waals surface area contributed by atoms with Gasteiger partial charge in [-0.3, -0.25) is 0 Å². The molecule has 0 amide bonds. The first-order valence-corrected chi connectivity index (χ1v) is 4.51. The van der Waals surface area contributed by atoms with Crippen molar-refractivity contribution in [3.8, 4) is 17.2 Å². The smallest absolute Gasteiger partial charge is 0.176 e. The zero-order valence-electron chi connectivity index (χ0n) is 7.72. The Morgan fingerprint density at radius 1 is 1.31 bits per heavy atom. The Labute approximate surface area is 85.4 Å². The first-order valence-electron chi connectivity index (χ1n) is 3.71. The van der Waals surface area contributed by atoms with E-state index in [1.165, 1.54) is 7.11 Å². The molecule has 0 bridgehead atoms. The van der Waals surface area contributed by atoms with Crippen molar-refractivity contribution in [1.29, 1.82) is 0 Å². The molecular weight excluding hydrogens is 236 g/mol. The Hall–Kier alpha value is -0.900. The summed E-state index contributed by atoms with van der Waals surface area (Å²) in [6.45, 7) is 1.88. The Bertz CT molecular complexity index is 323. The van der Waals surface area contributed by atoms with Gasteiger partial charge in [0.15, 0.2) is 11.5 Å². The maximum absolute atomic E-state index is 9.58. The largest absolute Gasteiger partial charge is 0.503 e. The quantitative estimate of drug-likeness (QED) is 0.872. The van der Waals surface area contributed by atoms with Crippen molar-refractivity contribution in [1.82, 2.24) is 0 Å². The molecule has 0 saturated carbocycles. The predicted molar refractivity (Wildman–Crippen MR) is 53.6 cm³/mol. The number of rotatable bonds is 2. The fraction of sp³-hybridized carbons (Fsp3) is 0.333. The summed E-state index contributed by atoms with van der Waals surface area (Å²) in [6.07, 6.45) is 0. The number of benzene rings is 1. The molecular formula is C9H11BrO3. The highest BCUT2D eigenvalue weighted by Gasteiger charge is 2.14. The van der Waals surface area contributed by atoms with Crippen LogP contribution in [0.2, 0.25) is 0 Å². The number of aryl methyl sites for hydroxylation is 1. The van der Waals surface area contributed by atoms with Crippen LogP contribution in [0.4, 0.5) is 0 Å². The second kappa shape index (κ2) is 3.87. The highest BCUT2D eigenvalue weighted by atomic mass is 79.9. The van der Waals surface area contributed by atoms with Gasteiger partial charge in [-0.15, -0.1) is 0 Å². The molecule has 72 valence electrons. The van der Waals surface area contributed by atoms with E-state index >= 15 is 0 Å². The molecule has 0 radical (unpaired) electrons. The molecule has 1 aromatic carbocycles. The van der Waals surface area contributed by atoms with Gasteiger partial charge in [0.25, 0.3) is 0 Å². The summed E-state index contributed by atoms with van der Waals surface area (Å²) >= 11 is 3.23. The van der Waals surface area contributed by atoms with Gasteiger partial charge in [0.2, 0.25) is 0 Å². The summed E-state index contributed by atoms with van der Waals surface area (Å²) in [5.41, 5.74) is 0.907. The molecule has 0 aromatic heterocycles. The molecule has 0 aliphatic rings. The summed E-state index contributed by atoms with van der Waals surface area (Å²) < 4.78 is 10.6. The lowest BCUT2D eigenvalue weighted by atomic mass is 10.2. The van der Waals surface area contributed by atoms with E-state index in [9.17, 15) is 5.11 Å². The van der Waals surface area contributed by atoms with Gasteiger partial charge in [-0.2, -0.15) is 0 Å². The summed E-state index contributed by atoms with van der Waals surface area (Å²) in [7, 11) is 3.06. The normalized spacial score (nSPS) is 9.85. The van der Waals surface area contributed by atoms with E-state index < -0.39 is 0 Å². The van der Waals surface area contributed by atoms with Crippen LogP contribution in [0, 0.1) is 6.92 Å². The molecule has 0 unspecified atom stereocenters. The van der Waals surface area contributed by atoms with E-state index in [0.717, 1.165) is 5.56 Å². The van der Waals surface area contributed by atoms with Crippen LogP contribution in [0.1, 0.15) is 5.56 Å². The molecule has 0 fully saturated rings. The third kappa shape index (κ3) is 1.72. The van der Waals surface area contributed by atoms with Crippen molar-refractivity contribution in [2.24, 2.45) is 0 Å². The van der Waals surface area contributed by atoms with Gasteiger partial charge >= 0.3 is 0 Å². The second-order valence-corrected chi connectivity index (χ2v) is 3.38. The van der Waals surface area contributed by atoms with Gasteiger partial charge < -0.3 is 14.6 Å². The number of hydrogen-bond donors (Lipinski definition) is 1. The number of aromatic hydroxyl groups is 1. The standard InChI is InChI=1S/C9H11BrO3/c1-5-4-6(12-2)8(11)7(10)9(5)13-3/h4,11H,1-3H3. The maximum atomic E-state index is 9.58. The minimum Gasteiger partial charge on any atom is -0.503 e. The molecule has 0 heterocycles. The van der Waals surface area contributed by atoms with Crippen molar-refractivity contribution < 1.29 is 14.6 Å². The van der Waals surface area contributed by atoms with Gasteiger partial charge in [-0.25, -0.2) is 0 Å². The number of halogens is 1. The molecule has 13 heavy (non-hydrogen) atoms. The van der Waals surface area contributed by atoms with Crippen molar-refractivity contribution in [2.75, 3.05) is 14.2 Å². The molecule has 0 saturated heterocycles. The summed E-state index contributed by atoms with van der Waals surface area (Å²) in [5, 5.41) is 9.58. The van der Waals surface area contributed by atoms with Crippen molar-refractivity contribution in [2.45, 2.75) is 6.92 Å². The summed E-state index contributed by atoms with van der Waals surface area (Å²) in [6, 6.07) is 1.72. The molecule has 1 aromatic rings. The maximum Gasteiger partial charge on any atom is 0.176 e. The van der Waals surface area contributed by atoms with Crippen molar-refractivity contribution in [3.05, 3.63) is 16.1 Å². The van der Waals surface area contributed by atoms with Gasteiger partial charge in [-0.1, -0.05) is 0 Å². The van der Waals surface area contributed by atoms with Gasteiger partial charge in [0.1, 0.15) is 10.2 Å². The first kappa shape index (κ1) is 10.2. The molecule has 0 aliphatic heterocycles. The number of ether oxygens (including phenoxy) is 2. The van der Waals surface area contributed by atoms with Crippen LogP contribution in [-0.2, 0) is 0 Å². The van der Waals surface area contributed by atoms with E-state index in [2.05, 4.69) is 15.9 Å².